The van der Waals surface area contributed by atoms with Crippen LogP contribution in [-0.2, 0) is 11.3 Å². The van der Waals surface area contributed by atoms with E-state index in [4.69, 9.17) is 4.74 Å². The van der Waals surface area contributed by atoms with Crippen LogP contribution in [0.5, 0.6) is 5.75 Å². The minimum Gasteiger partial charge on any atom is -0.497 e. The van der Waals surface area contributed by atoms with Gasteiger partial charge in [-0.1, -0.05) is 42.1 Å². The Labute approximate surface area is 151 Å². The van der Waals surface area contributed by atoms with Crippen molar-refractivity contribution in [2.45, 2.75) is 24.8 Å². The SMILES string of the molecule is COc1ccc(N=C2SC(C(C)O)C(=O)N2Cc2ccccc2)cc1. The van der Waals surface area contributed by atoms with Gasteiger partial charge >= 0.3 is 0 Å². The predicted octanol–water partition coefficient (Wildman–Crippen LogP) is 3.21. The Hall–Kier alpha value is -2.31. The van der Waals surface area contributed by atoms with Crippen molar-refractivity contribution in [2.24, 2.45) is 4.99 Å². The van der Waals surface area contributed by atoms with Crippen LogP contribution in [0.25, 0.3) is 0 Å². The van der Waals surface area contributed by atoms with Crippen LogP contribution in [0, 0.1) is 0 Å². The molecular weight excluding hydrogens is 336 g/mol. The van der Waals surface area contributed by atoms with Gasteiger partial charge in [-0.15, -0.1) is 0 Å². The van der Waals surface area contributed by atoms with Crippen LogP contribution >= 0.6 is 11.8 Å². The van der Waals surface area contributed by atoms with E-state index in [9.17, 15) is 9.90 Å². The van der Waals surface area contributed by atoms with E-state index in [1.807, 2.05) is 54.6 Å². The maximum atomic E-state index is 12.7. The Balaban J connectivity index is 1.89. The van der Waals surface area contributed by atoms with Crippen LogP contribution in [0.2, 0.25) is 0 Å². The van der Waals surface area contributed by atoms with E-state index < -0.39 is 11.4 Å². The summed E-state index contributed by atoms with van der Waals surface area (Å²) < 4.78 is 5.15. The normalized spacial score (nSPS) is 20.1. The quantitative estimate of drug-likeness (QED) is 0.894. The van der Waals surface area contributed by atoms with Gasteiger partial charge in [0, 0.05) is 0 Å². The predicted molar refractivity (Wildman–Crippen MR) is 100 cm³/mol. The highest BCUT2D eigenvalue weighted by atomic mass is 32.2. The summed E-state index contributed by atoms with van der Waals surface area (Å²) in [7, 11) is 1.61. The second-order valence-electron chi connectivity index (χ2n) is 5.78. The number of ether oxygens (including phenoxy) is 1. The van der Waals surface area contributed by atoms with Crippen LogP contribution in [0.4, 0.5) is 5.69 Å². The number of hydrogen-bond donors (Lipinski definition) is 1. The zero-order chi connectivity index (χ0) is 17.8. The molecule has 0 aromatic heterocycles. The lowest BCUT2D eigenvalue weighted by Crippen LogP contribution is -2.35. The lowest BCUT2D eigenvalue weighted by Gasteiger charge is -2.17. The number of amidine groups is 1. The first-order valence-corrected chi connectivity index (χ1v) is 8.89. The minimum absolute atomic E-state index is 0.115. The molecule has 2 unspecified atom stereocenters. The van der Waals surface area contributed by atoms with Gasteiger partial charge in [0.05, 0.1) is 25.4 Å². The molecule has 2 aromatic rings. The second-order valence-corrected chi connectivity index (χ2v) is 6.89. The van der Waals surface area contributed by atoms with E-state index in [1.165, 1.54) is 11.8 Å². The molecule has 2 atom stereocenters. The minimum atomic E-state index is -0.737. The average molecular weight is 356 g/mol. The van der Waals surface area contributed by atoms with E-state index in [2.05, 4.69) is 4.99 Å². The summed E-state index contributed by atoms with van der Waals surface area (Å²) in [4.78, 5) is 18.9. The number of carbonyl (C=O) groups is 1. The Morgan fingerprint density at radius 1 is 1.20 bits per heavy atom. The Bertz CT molecular complexity index is 760. The summed E-state index contributed by atoms with van der Waals surface area (Å²) >= 11 is 1.30. The number of aliphatic hydroxyl groups is 1. The van der Waals surface area contributed by atoms with Crippen molar-refractivity contribution < 1.29 is 14.6 Å². The summed E-state index contributed by atoms with van der Waals surface area (Å²) in [5, 5.41) is 9.99. The molecular formula is C19H20N2O3S. The van der Waals surface area contributed by atoms with Gasteiger partial charge in [0.15, 0.2) is 5.17 Å². The first-order chi connectivity index (χ1) is 12.1. The number of methoxy groups -OCH3 is 1. The highest BCUT2D eigenvalue weighted by Gasteiger charge is 2.40. The molecule has 130 valence electrons. The van der Waals surface area contributed by atoms with Crippen molar-refractivity contribution >= 4 is 28.5 Å². The Morgan fingerprint density at radius 2 is 1.88 bits per heavy atom. The molecule has 1 saturated heterocycles. The van der Waals surface area contributed by atoms with Crippen molar-refractivity contribution in [3.63, 3.8) is 0 Å². The molecule has 2 aromatic carbocycles. The van der Waals surface area contributed by atoms with E-state index in [-0.39, 0.29) is 5.91 Å². The van der Waals surface area contributed by atoms with Crippen LogP contribution in [0.15, 0.2) is 59.6 Å². The highest BCUT2D eigenvalue weighted by molar-refractivity contribution is 8.15. The smallest absolute Gasteiger partial charge is 0.245 e. The van der Waals surface area contributed by atoms with Gasteiger partial charge < -0.3 is 9.84 Å². The second kappa shape index (κ2) is 7.72. The molecule has 0 aliphatic carbocycles. The average Bonchev–Trinajstić information content (AvgIpc) is 2.93. The molecule has 0 saturated carbocycles. The fourth-order valence-corrected chi connectivity index (χ4v) is 3.64. The number of aliphatic imine (C=N–C) groups is 1. The summed E-state index contributed by atoms with van der Waals surface area (Å²) in [5.41, 5.74) is 1.76. The van der Waals surface area contributed by atoms with Crippen molar-refractivity contribution in [1.29, 1.82) is 0 Å². The lowest BCUT2D eigenvalue weighted by molar-refractivity contribution is -0.128. The van der Waals surface area contributed by atoms with Gasteiger partial charge in [-0.05, 0) is 36.8 Å². The lowest BCUT2D eigenvalue weighted by atomic mass is 10.2. The van der Waals surface area contributed by atoms with Gasteiger partial charge in [0.1, 0.15) is 11.0 Å². The molecule has 6 heteroatoms. The maximum Gasteiger partial charge on any atom is 0.245 e. The molecule has 1 N–H and O–H groups in total. The zero-order valence-corrected chi connectivity index (χ0v) is 14.9. The highest BCUT2D eigenvalue weighted by Crippen LogP contribution is 2.33. The standard InChI is InChI=1S/C19H20N2O3S/c1-13(22)17-18(23)21(12-14-6-4-3-5-7-14)19(25-17)20-15-8-10-16(24-2)11-9-15/h3-11,13,17,22H,12H2,1-2H3. The number of rotatable bonds is 5. The van der Waals surface area contributed by atoms with Crippen molar-refractivity contribution in [3.05, 3.63) is 60.2 Å². The molecule has 1 aliphatic heterocycles. The Morgan fingerprint density at radius 3 is 2.48 bits per heavy atom. The van der Waals surface area contributed by atoms with Gasteiger partial charge in [-0.2, -0.15) is 0 Å². The molecule has 25 heavy (non-hydrogen) atoms. The molecule has 1 aliphatic rings. The fraction of sp³-hybridized carbons (Fsp3) is 0.263. The number of nitrogens with zero attached hydrogens (tertiary/aromatic N) is 2. The monoisotopic (exact) mass is 356 g/mol. The topological polar surface area (TPSA) is 62.1 Å². The molecule has 1 fully saturated rings. The van der Waals surface area contributed by atoms with Crippen LogP contribution < -0.4 is 4.74 Å². The molecule has 0 spiro atoms. The summed E-state index contributed by atoms with van der Waals surface area (Å²) in [5.74, 6) is 0.637. The molecule has 0 bridgehead atoms. The molecule has 0 radical (unpaired) electrons. The van der Waals surface area contributed by atoms with Crippen LogP contribution in [-0.4, -0.2) is 39.5 Å². The number of amides is 1. The first-order valence-electron chi connectivity index (χ1n) is 8.01. The summed E-state index contributed by atoms with van der Waals surface area (Å²) in [6.07, 6.45) is -0.737. The molecule has 3 rings (SSSR count). The van der Waals surface area contributed by atoms with Gasteiger partial charge in [0.2, 0.25) is 5.91 Å². The van der Waals surface area contributed by atoms with Crippen molar-refractivity contribution in [1.82, 2.24) is 4.90 Å². The third-order valence-corrected chi connectivity index (χ3v) is 5.26. The van der Waals surface area contributed by atoms with Crippen molar-refractivity contribution in [3.8, 4) is 5.75 Å². The number of thioether (sulfide) groups is 1. The van der Waals surface area contributed by atoms with E-state index in [0.29, 0.717) is 11.7 Å². The molecule has 1 heterocycles. The van der Waals surface area contributed by atoms with Gasteiger partial charge in [-0.25, -0.2) is 4.99 Å². The van der Waals surface area contributed by atoms with E-state index >= 15 is 0 Å². The van der Waals surface area contributed by atoms with E-state index in [1.54, 1.807) is 18.9 Å². The van der Waals surface area contributed by atoms with Gasteiger partial charge in [-0.3, -0.25) is 9.69 Å². The molecule has 1 amide bonds. The summed E-state index contributed by atoms with van der Waals surface area (Å²) in [6.45, 7) is 2.07. The van der Waals surface area contributed by atoms with Crippen molar-refractivity contribution in [2.75, 3.05) is 7.11 Å². The largest absolute Gasteiger partial charge is 0.497 e. The summed E-state index contributed by atoms with van der Waals surface area (Å²) in [6, 6.07) is 17.1. The van der Waals surface area contributed by atoms with Crippen LogP contribution in [0.1, 0.15) is 12.5 Å². The Kier molecular flexibility index (Phi) is 5.40. The fourth-order valence-electron chi connectivity index (χ4n) is 2.55. The number of benzene rings is 2. The van der Waals surface area contributed by atoms with E-state index in [0.717, 1.165) is 17.0 Å². The number of aliphatic hydroxyl groups excluding tert-OH is 1. The molecule has 5 nitrogen and oxygen atoms in total. The maximum absolute atomic E-state index is 12.7. The number of carbonyl (C=O) groups excluding carboxylic acids is 1. The van der Waals surface area contributed by atoms with Gasteiger partial charge in [0.25, 0.3) is 0 Å². The third kappa shape index (κ3) is 4.03. The first kappa shape index (κ1) is 17.5. The number of hydrogen-bond acceptors (Lipinski definition) is 5. The third-order valence-electron chi connectivity index (χ3n) is 3.89. The van der Waals surface area contributed by atoms with Crippen LogP contribution in [0.3, 0.4) is 0 Å². The zero-order valence-electron chi connectivity index (χ0n) is 14.1.